The van der Waals surface area contributed by atoms with Gasteiger partial charge in [0.15, 0.2) is 5.69 Å². The number of aryl methyl sites for hydroxylation is 1. The molecule has 1 aromatic heterocycles. The minimum absolute atomic E-state index is 0. The number of benzene rings is 1. The van der Waals surface area contributed by atoms with Crippen LogP contribution >= 0.6 is 0 Å². The second kappa shape index (κ2) is 4.45. The van der Waals surface area contributed by atoms with Crippen LogP contribution in [-0.2, 0) is 21.1 Å². The second-order valence-corrected chi connectivity index (χ2v) is 2.83. The maximum atomic E-state index is 10.5. The molecule has 76 valence electrons. The fourth-order valence-electron chi connectivity index (χ4n) is 1.22. The first kappa shape index (κ1) is 11.7. The summed E-state index contributed by atoms with van der Waals surface area (Å²) in [6.45, 7) is 1.79. The van der Waals surface area contributed by atoms with Crippen molar-refractivity contribution >= 4 is 16.6 Å². The molecule has 1 heterocycles. The van der Waals surface area contributed by atoms with Crippen LogP contribution < -0.4 is 0 Å². The number of nitrogens with zero attached hydrogens (tertiary/aromatic N) is 3. The number of hydrogen-bond donors (Lipinski definition) is 0. The predicted molar refractivity (Wildman–Crippen MR) is 49.8 cm³/mol. The first-order valence-electron chi connectivity index (χ1n) is 3.96. The summed E-state index contributed by atoms with van der Waals surface area (Å²) in [6.07, 6.45) is 1.43. The average Bonchev–Trinajstić information content (AvgIpc) is 2.18. The summed E-state index contributed by atoms with van der Waals surface area (Å²) in [4.78, 5) is 17.9. The Bertz CT molecular complexity index is 516. The normalized spacial score (nSPS) is 9.67. The van der Waals surface area contributed by atoms with Gasteiger partial charge in [-0.05, 0) is 12.4 Å². The topological polar surface area (TPSA) is 68.9 Å². The molecule has 0 atom stereocenters. The zero-order valence-electron chi connectivity index (χ0n) is 7.80. The number of fused-ring (bicyclic) bond motifs is 1. The maximum absolute atomic E-state index is 10.5. The van der Waals surface area contributed by atoms with E-state index in [4.69, 9.17) is 0 Å². The summed E-state index contributed by atoms with van der Waals surface area (Å²) < 4.78 is 0. The molecule has 0 saturated heterocycles. The van der Waals surface area contributed by atoms with Gasteiger partial charge in [-0.1, -0.05) is 17.5 Å². The van der Waals surface area contributed by atoms with E-state index in [9.17, 15) is 10.1 Å². The van der Waals surface area contributed by atoms with Gasteiger partial charge in [-0.2, -0.15) is 0 Å². The van der Waals surface area contributed by atoms with Gasteiger partial charge in [0.1, 0.15) is 6.33 Å². The van der Waals surface area contributed by atoms with Crippen molar-refractivity contribution in [3.63, 3.8) is 0 Å². The van der Waals surface area contributed by atoms with E-state index in [0.717, 1.165) is 5.69 Å². The first-order chi connectivity index (χ1) is 6.68. The molecule has 0 aliphatic heterocycles. The standard InChI is InChI=1S/C9H6N3O2.W/c1-6-8-4-7(12(13)14)2-3-9(8)11-5-10-6;/h3-5H,1H3;/q-1;. The largest absolute Gasteiger partial charge is 0.302 e. The molecular weight excluding hydrogens is 366 g/mol. The molecule has 0 spiro atoms. The fourth-order valence-corrected chi connectivity index (χ4v) is 1.22. The number of nitro groups is 1. The summed E-state index contributed by atoms with van der Waals surface area (Å²) in [7, 11) is 0. The zero-order chi connectivity index (χ0) is 10.1. The Morgan fingerprint density at radius 3 is 2.87 bits per heavy atom. The Balaban J connectivity index is 0.00000112. The Hall–Kier alpha value is -1.35. The van der Waals surface area contributed by atoms with Crippen LogP contribution in [0.4, 0.5) is 5.69 Å². The van der Waals surface area contributed by atoms with Gasteiger partial charge in [0.2, 0.25) is 0 Å². The summed E-state index contributed by atoms with van der Waals surface area (Å²) in [6, 6.07) is 5.49. The third kappa shape index (κ3) is 2.18. The molecule has 0 fully saturated rings. The zero-order valence-corrected chi connectivity index (χ0v) is 10.7. The van der Waals surface area contributed by atoms with Gasteiger partial charge in [0.05, 0.1) is 0 Å². The van der Waals surface area contributed by atoms with Gasteiger partial charge in [-0.15, -0.1) is 6.07 Å². The molecule has 1 aromatic carbocycles. The van der Waals surface area contributed by atoms with E-state index in [1.165, 1.54) is 18.5 Å². The van der Waals surface area contributed by atoms with Crippen LogP contribution in [0.5, 0.6) is 0 Å². The van der Waals surface area contributed by atoms with Gasteiger partial charge < -0.3 is 4.98 Å². The summed E-state index contributed by atoms with van der Waals surface area (Å²) in [5, 5.41) is 11.2. The molecule has 0 aliphatic rings. The Morgan fingerprint density at radius 2 is 2.20 bits per heavy atom. The number of non-ortho nitro benzene ring substituents is 1. The molecule has 0 bridgehead atoms. The average molecular weight is 372 g/mol. The van der Waals surface area contributed by atoms with Crippen LogP contribution in [0.3, 0.4) is 0 Å². The van der Waals surface area contributed by atoms with Gasteiger partial charge in [0.25, 0.3) is 0 Å². The maximum Gasteiger partial charge on any atom is 0.163 e. The van der Waals surface area contributed by atoms with Crippen molar-refractivity contribution in [1.29, 1.82) is 0 Å². The molecule has 0 amide bonds. The van der Waals surface area contributed by atoms with E-state index in [1.54, 1.807) is 6.92 Å². The molecule has 2 aromatic rings. The van der Waals surface area contributed by atoms with E-state index in [0.29, 0.717) is 10.9 Å². The minimum Gasteiger partial charge on any atom is -0.302 e. The number of hydrogen-bond acceptors (Lipinski definition) is 4. The van der Waals surface area contributed by atoms with E-state index < -0.39 is 4.92 Å². The summed E-state index contributed by atoms with van der Waals surface area (Å²) >= 11 is 0. The molecule has 0 saturated carbocycles. The van der Waals surface area contributed by atoms with Crippen molar-refractivity contribution in [1.82, 2.24) is 9.97 Å². The SMILES string of the molecule is Cc1ncnc2c[c-]c([N+](=O)[O-])cc12.[W]. The van der Waals surface area contributed by atoms with Crippen LogP contribution in [-0.4, -0.2) is 14.9 Å². The Labute approximate surface area is 100.0 Å². The van der Waals surface area contributed by atoms with Crippen molar-refractivity contribution in [2.75, 3.05) is 0 Å². The monoisotopic (exact) mass is 372 g/mol. The Morgan fingerprint density at radius 1 is 1.47 bits per heavy atom. The molecule has 0 N–H and O–H groups in total. The van der Waals surface area contributed by atoms with Gasteiger partial charge >= 0.3 is 0 Å². The number of nitro benzene ring substituents is 1. The molecule has 5 nitrogen and oxygen atoms in total. The third-order valence-corrected chi connectivity index (χ3v) is 1.95. The molecular formula is C9H6N3O2W-. The van der Waals surface area contributed by atoms with Crippen LogP contribution in [0.1, 0.15) is 5.69 Å². The van der Waals surface area contributed by atoms with Crippen LogP contribution in [0.15, 0.2) is 18.5 Å². The molecule has 0 unspecified atom stereocenters. The van der Waals surface area contributed by atoms with E-state index in [1.807, 2.05) is 0 Å². The van der Waals surface area contributed by atoms with Gasteiger partial charge in [0, 0.05) is 31.7 Å². The smallest absolute Gasteiger partial charge is 0.163 e. The second-order valence-electron chi connectivity index (χ2n) is 2.83. The summed E-state index contributed by atoms with van der Waals surface area (Å²) in [5.74, 6) is 0. The van der Waals surface area contributed by atoms with Crippen molar-refractivity contribution < 1.29 is 26.0 Å². The van der Waals surface area contributed by atoms with Crippen LogP contribution in [0, 0.1) is 23.1 Å². The molecule has 0 aliphatic carbocycles. The van der Waals surface area contributed by atoms with Crippen molar-refractivity contribution in [3.05, 3.63) is 40.3 Å². The molecule has 2 rings (SSSR count). The van der Waals surface area contributed by atoms with Crippen LogP contribution in [0.25, 0.3) is 10.9 Å². The van der Waals surface area contributed by atoms with Gasteiger partial charge in [-0.25, -0.2) is 4.98 Å². The van der Waals surface area contributed by atoms with E-state index >= 15 is 0 Å². The predicted octanol–water partition coefficient (Wildman–Crippen LogP) is 1.64. The Kier molecular flexibility index (Phi) is 3.47. The quantitative estimate of drug-likeness (QED) is 0.434. The summed E-state index contributed by atoms with van der Waals surface area (Å²) in [5.41, 5.74) is 1.34. The van der Waals surface area contributed by atoms with Crippen molar-refractivity contribution in [2.24, 2.45) is 0 Å². The van der Waals surface area contributed by atoms with Crippen molar-refractivity contribution in [3.8, 4) is 0 Å². The van der Waals surface area contributed by atoms with Crippen molar-refractivity contribution in [2.45, 2.75) is 6.92 Å². The van der Waals surface area contributed by atoms with Crippen LogP contribution in [0.2, 0.25) is 0 Å². The minimum atomic E-state index is -0.480. The first-order valence-corrected chi connectivity index (χ1v) is 3.96. The van der Waals surface area contributed by atoms with E-state index in [2.05, 4.69) is 16.0 Å². The van der Waals surface area contributed by atoms with E-state index in [-0.39, 0.29) is 26.8 Å². The molecule has 6 heteroatoms. The molecule has 0 radical (unpaired) electrons. The fraction of sp³-hybridized carbons (Fsp3) is 0.111. The number of aromatic nitrogens is 2. The number of rotatable bonds is 1. The molecule has 15 heavy (non-hydrogen) atoms. The third-order valence-electron chi connectivity index (χ3n) is 1.95. The van der Waals surface area contributed by atoms with Gasteiger partial charge in [-0.3, -0.25) is 10.1 Å².